The van der Waals surface area contributed by atoms with Gasteiger partial charge in [-0.2, -0.15) is 0 Å². The van der Waals surface area contributed by atoms with Crippen molar-refractivity contribution in [1.82, 2.24) is 9.55 Å². The van der Waals surface area contributed by atoms with Crippen LogP contribution in [0.15, 0.2) is 22.8 Å². The average Bonchev–Trinajstić information content (AvgIpc) is 2.77. The lowest BCUT2D eigenvalue weighted by atomic mass is 9.97. The molecule has 3 rings (SSSR count). The van der Waals surface area contributed by atoms with Crippen LogP contribution in [-0.4, -0.2) is 9.55 Å². The van der Waals surface area contributed by atoms with E-state index in [0.29, 0.717) is 5.92 Å². The van der Waals surface area contributed by atoms with Crippen molar-refractivity contribution >= 4 is 15.9 Å². The fourth-order valence-electron chi connectivity index (χ4n) is 2.94. The quantitative estimate of drug-likeness (QED) is 0.749. The highest BCUT2D eigenvalue weighted by Crippen LogP contribution is 2.33. The van der Waals surface area contributed by atoms with Crippen molar-refractivity contribution in [3.05, 3.63) is 39.6 Å². The summed E-state index contributed by atoms with van der Waals surface area (Å²) in [7, 11) is 0. The number of fused-ring (bicyclic) bond motifs is 1. The molecule has 1 aromatic carbocycles. The zero-order chi connectivity index (χ0) is 14.3. The molecule has 0 aliphatic carbocycles. The van der Waals surface area contributed by atoms with E-state index in [2.05, 4.69) is 59.5 Å². The first-order valence-electron chi connectivity index (χ1n) is 7.43. The first-order valence-corrected chi connectivity index (χ1v) is 8.23. The zero-order valence-electron chi connectivity index (χ0n) is 12.4. The van der Waals surface area contributed by atoms with E-state index >= 15 is 0 Å². The molecule has 0 atom stereocenters. The normalized spacial score (nSPS) is 14.7. The van der Waals surface area contributed by atoms with E-state index in [0.717, 1.165) is 23.4 Å². The Morgan fingerprint density at radius 1 is 1.25 bits per heavy atom. The molecule has 0 spiro atoms. The molecule has 0 unspecified atom stereocenters. The van der Waals surface area contributed by atoms with Crippen LogP contribution in [0.2, 0.25) is 0 Å². The van der Waals surface area contributed by atoms with E-state index < -0.39 is 0 Å². The summed E-state index contributed by atoms with van der Waals surface area (Å²) in [4.78, 5) is 4.80. The van der Waals surface area contributed by atoms with Gasteiger partial charge in [0.05, 0.1) is 5.69 Å². The van der Waals surface area contributed by atoms with Crippen LogP contribution in [0.1, 0.15) is 49.4 Å². The van der Waals surface area contributed by atoms with Gasteiger partial charge in [0.15, 0.2) is 0 Å². The minimum absolute atomic E-state index is 0.550. The molecule has 106 valence electrons. The van der Waals surface area contributed by atoms with Gasteiger partial charge in [0.25, 0.3) is 0 Å². The number of hydrogen-bond acceptors (Lipinski definition) is 1. The number of halogens is 1. The van der Waals surface area contributed by atoms with E-state index in [4.69, 9.17) is 4.98 Å². The second-order valence-electron chi connectivity index (χ2n) is 6.01. The largest absolute Gasteiger partial charge is 0.327 e. The molecule has 20 heavy (non-hydrogen) atoms. The van der Waals surface area contributed by atoms with E-state index in [1.54, 1.807) is 0 Å². The van der Waals surface area contributed by atoms with Crippen LogP contribution in [0, 0.1) is 6.92 Å². The molecular weight excluding hydrogens is 312 g/mol. The van der Waals surface area contributed by atoms with Gasteiger partial charge in [0.2, 0.25) is 0 Å². The van der Waals surface area contributed by atoms with Gasteiger partial charge in [0, 0.05) is 12.1 Å². The van der Waals surface area contributed by atoms with Crippen molar-refractivity contribution in [2.75, 3.05) is 0 Å². The van der Waals surface area contributed by atoms with Crippen LogP contribution >= 0.6 is 15.9 Å². The van der Waals surface area contributed by atoms with Gasteiger partial charge in [0.1, 0.15) is 10.4 Å². The predicted octanol–water partition coefficient (Wildman–Crippen LogP) is 5.08. The summed E-state index contributed by atoms with van der Waals surface area (Å²) in [5, 5.41) is 0. The Labute approximate surface area is 129 Å². The highest BCUT2D eigenvalue weighted by Gasteiger charge is 2.20. The Morgan fingerprint density at radius 3 is 2.80 bits per heavy atom. The summed E-state index contributed by atoms with van der Waals surface area (Å²) >= 11 is 3.64. The monoisotopic (exact) mass is 332 g/mol. The molecule has 0 N–H and O–H groups in total. The molecule has 2 aromatic rings. The van der Waals surface area contributed by atoms with Gasteiger partial charge in [-0.05, 0) is 65.2 Å². The minimum Gasteiger partial charge on any atom is -0.327 e. The molecular formula is C17H21BrN2. The second kappa shape index (κ2) is 5.36. The number of aryl methyl sites for hydroxylation is 1. The Hall–Kier alpha value is -1.09. The van der Waals surface area contributed by atoms with Gasteiger partial charge in [-0.1, -0.05) is 26.0 Å². The Bertz CT molecular complexity index is 641. The molecule has 0 fully saturated rings. The van der Waals surface area contributed by atoms with Crippen LogP contribution < -0.4 is 0 Å². The standard InChI is InChI=1S/C17H21BrN2/c1-11(2)13-8-7-12(3)14(10-13)17-19-16(18)15-6-4-5-9-20(15)17/h7-8,10-11H,4-6,9H2,1-3H3. The fraction of sp³-hybridized carbons (Fsp3) is 0.471. The lowest BCUT2D eigenvalue weighted by Crippen LogP contribution is -2.11. The van der Waals surface area contributed by atoms with Crippen LogP contribution in [0.25, 0.3) is 11.4 Å². The first-order chi connectivity index (χ1) is 9.58. The Morgan fingerprint density at radius 2 is 2.05 bits per heavy atom. The summed E-state index contributed by atoms with van der Waals surface area (Å²) in [5.74, 6) is 1.68. The third kappa shape index (κ3) is 2.32. The van der Waals surface area contributed by atoms with Crippen molar-refractivity contribution in [3.8, 4) is 11.4 Å². The summed E-state index contributed by atoms with van der Waals surface area (Å²) in [6.07, 6.45) is 3.66. The van der Waals surface area contributed by atoms with Crippen molar-refractivity contribution in [2.24, 2.45) is 0 Å². The molecule has 3 heteroatoms. The molecule has 0 saturated carbocycles. The van der Waals surface area contributed by atoms with E-state index in [-0.39, 0.29) is 0 Å². The molecule has 2 heterocycles. The maximum atomic E-state index is 4.80. The fourth-order valence-corrected chi connectivity index (χ4v) is 3.52. The second-order valence-corrected chi connectivity index (χ2v) is 6.76. The SMILES string of the molecule is Cc1ccc(C(C)C)cc1-c1nc(Br)c2n1CCCC2. The smallest absolute Gasteiger partial charge is 0.141 e. The molecule has 0 amide bonds. The van der Waals surface area contributed by atoms with Crippen LogP contribution in [0.4, 0.5) is 0 Å². The van der Waals surface area contributed by atoms with Crippen molar-refractivity contribution in [3.63, 3.8) is 0 Å². The number of imidazole rings is 1. The lowest BCUT2D eigenvalue weighted by molar-refractivity contribution is 0.535. The van der Waals surface area contributed by atoms with E-state index in [1.807, 2.05) is 0 Å². The molecule has 0 radical (unpaired) electrons. The van der Waals surface area contributed by atoms with E-state index in [1.165, 1.54) is 35.2 Å². The van der Waals surface area contributed by atoms with Gasteiger partial charge in [-0.15, -0.1) is 0 Å². The summed E-state index contributed by atoms with van der Waals surface area (Å²) in [6.45, 7) is 7.75. The topological polar surface area (TPSA) is 17.8 Å². The average molecular weight is 333 g/mol. The van der Waals surface area contributed by atoms with Gasteiger partial charge in [-0.25, -0.2) is 4.98 Å². The van der Waals surface area contributed by atoms with Crippen molar-refractivity contribution in [1.29, 1.82) is 0 Å². The van der Waals surface area contributed by atoms with Crippen LogP contribution in [0.3, 0.4) is 0 Å². The van der Waals surface area contributed by atoms with Crippen LogP contribution in [-0.2, 0) is 13.0 Å². The third-order valence-electron chi connectivity index (χ3n) is 4.24. The summed E-state index contributed by atoms with van der Waals surface area (Å²) in [5.41, 5.74) is 5.33. The molecule has 1 aliphatic rings. The summed E-state index contributed by atoms with van der Waals surface area (Å²) in [6, 6.07) is 6.78. The zero-order valence-corrected chi connectivity index (χ0v) is 14.0. The van der Waals surface area contributed by atoms with Gasteiger partial charge >= 0.3 is 0 Å². The van der Waals surface area contributed by atoms with Crippen molar-refractivity contribution in [2.45, 2.75) is 52.5 Å². The Kier molecular flexibility index (Phi) is 3.72. The lowest BCUT2D eigenvalue weighted by Gasteiger charge is -2.18. The number of nitrogens with zero attached hydrogens (tertiary/aromatic N) is 2. The predicted molar refractivity (Wildman–Crippen MR) is 87.1 cm³/mol. The number of rotatable bonds is 2. The maximum absolute atomic E-state index is 4.80. The molecule has 0 saturated heterocycles. The third-order valence-corrected chi connectivity index (χ3v) is 4.87. The molecule has 0 bridgehead atoms. The summed E-state index contributed by atoms with van der Waals surface area (Å²) < 4.78 is 3.43. The van der Waals surface area contributed by atoms with Crippen molar-refractivity contribution < 1.29 is 0 Å². The highest BCUT2D eigenvalue weighted by atomic mass is 79.9. The number of benzene rings is 1. The molecule has 1 aliphatic heterocycles. The number of aromatic nitrogens is 2. The first kappa shape index (κ1) is 13.9. The molecule has 1 aromatic heterocycles. The molecule has 2 nitrogen and oxygen atoms in total. The maximum Gasteiger partial charge on any atom is 0.141 e. The Balaban J connectivity index is 2.16. The van der Waals surface area contributed by atoms with Gasteiger partial charge < -0.3 is 4.57 Å². The van der Waals surface area contributed by atoms with Crippen LogP contribution in [0.5, 0.6) is 0 Å². The van der Waals surface area contributed by atoms with Gasteiger partial charge in [-0.3, -0.25) is 0 Å². The van der Waals surface area contributed by atoms with E-state index in [9.17, 15) is 0 Å². The minimum atomic E-state index is 0.550. The highest BCUT2D eigenvalue weighted by molar-refractivity contribution is 9.10. The number of hydrogen-bond donors (Lipinski definition) is 0.